The van der Waals surface area contributed by atoms with Gasteiger partial charge in [0.1, 0.15) is 6.61 Å². The van der Waals surface area contributed by atoms with Crippen molar-refractivity contribution in [3.05, 3.63) is 0 Å². The third-order valence-corrected chi connectivity index (χ3v) is 1.65. The minimum absolute atomic E-state index is 0.0469. The fourth-order valence-electron chi connectivity index (χ4n) is 1.00. The molecule has 0 aromatic rings. The highest BCUT2D eigenvalue weighted by Gasteiger charge is 2.27. The van der Waals surface area contributed by atoms with Crippen LogP contribution in [0.15, 0.2) is 0 Å². The molecule has 2 N–H and O–H groups in total. The van der Waals surface area contributed by atoms with Crippen molar-refractivity contribution in [1.29, 1.82) is 0 Å². The fraction of sp³-hybridized carbons (Fsp3) is 0.778. The lowest BCUT2D eigenvalue weighted by Gasteiger charge is -2.22. The summed E-state index contributed by atoms with van der Waals surface area (Å²) >= 11 is 0. The van der Waals surface area contributed by atoms with Gasteiger partial charge in [0.05, 0.1) is 6.04 Å². The first-order valence-corrected chi connectivity index (χ1v) is 4.23. The first-order chi connectivity index (χ1) is 5.79. The van der Waals surface area contributed by atoms with Crippen LogP contribution in [0.3, 0.4) is 0 Å². The number of carbonyl (C=O) groups excluding carboxylic acids is 2. The van der Waals surface area contributed by atoms with E-state index in [1.165, 1.54) is 0 Å². The number of hydrogen-bond acceptors (Lipinski definition) is 3. The number of amides is 1. The van der Waals surface area contributed by atoms with Gasteiger partial charge in [-0.25, -0.2) is 0 Å². The van der Waals surface area contributed by atoms with E-state index in [4.69, 9.17) is 5.11 Å². The van der Waals surface area contributed by atoms with Crippen LogP contribution in [0.1, 0.15) is 27.7 Å². The number of rotatable bonds is 3. The van der Waals surface area contributed by atoms with Crippen LogP contribution in [0.5, 0.6) is 0 Å². The average molecular weight is 187 g/mol. The van der Waals surface area contributed by atoms with Crippen molar-refractivity contribution >= 4 is 11.7 Å². The predicted octanol–water partition coefficient (Wildman–Crippen LogP) is 0.0986. The Morgan fingerprint density at radius 2 is 1.85 bits per heavy atom. The largest absolute Gasteiger partial charge is 0.387 e. The summed E-state index contributed by atoms with van der Waals surface area (Å²) in [6.07, 6.45) is 0. The topological polar surface area (TPSA) is 66.4 Å². The molecular weight excluding hydrogens is 170 g/mol. The molecule has 0 bridgehead atoms. The average Bonchev–Trinajstić information content (AvgIpc) is 2.01. The van der Waals surface area contributed by atoms with Crippen molar-refractivity contribution in [3.8, 4) is 0 Å². The molecule has 4 heteroatoms. The van der Waals surface area contributed by atoms with Gasteiger partial charge in [-0.05, 0) is 6.92 Å². The second-order valence-corrected chi connectivity index (χ2v) is 4.06. The highest BCUT2D eigenvalue weighted by Crippen LogP contribution is 2.16. The van der Waals surface area contributed by atoms with Gasteiger partial charge in [0.15, 0.2) is 5.78 Å². The van der Waals surface area contributed by atoms with Crippen molar-refractivity contribution in [2.45, 2.75) is 33.7 Å². The number of nitrogens with one attached hydrogen (secondary N) is 1. The number of aliphatic hydroxyl groups is 1. The SMILES string of the molecule is C[C@H](NC(=O)CO)C(=O)C(C)(C)C. The Bertz CT molecular complexity index is 205. The third-order valence-electron chi connectivity index (χ3n) is 1.65. The molecule has 0 heterocycles. The Balaban J connectivity index is 4.20. The lowest BCUT2D eigenvalue weighted by Crippen LogP contribution is -2.44. The van der Waals surface area contributed by atoms with Crippen molar-refractivity contribution in [2.75, 3.05) is 6.61 Å². The molecule has 0 rings (SSSR count). The number of ketones is 1. The van der Waals surface area contributed by atoms with E-state index >= 15 is 0 Å². The highest BCUT2D eigenvalue weighted by molar-refractivity contribution is 5.92. The zero-order valence-electron chi connectivity index (χ0n) is 8.55. The Labute approximate surface area is 78.3 Å². The molecule has 0 aliphatic heterocycles. The van der Waals surface area contributed by atoms with Crippen molar-refractivity contribution < 1.29 is 14.7 Å². The second kappa shape index (κ2) is 4.37. The quantitative estimate of drug-likeness (QED) is 0.658. The Morgan fingerprint density at radius 1 is 1.38 bits per heavy atom. The van der Waals surface area contributed by atoms with E-state index in [2.05, 4.69) is 5.32 Å². The number of Topliss-reactive ketones (excluding diaryl/α,β-unsaturated/α-hetero) is 1. The van der Waals surface area contributed by atoms with Crippen LogP contribution in [0.4, 0.5) is 0 Å². The van der Waals surface area contributed by atoms with Crippen LogP contribution < -0.4 is 5.32 Å². The summed E-state index contributed by atoms with van der Waals surface area (Å²) in [4.78, 5) is 22.3. The smallest absolute Gasteiger partial charge is 0.246 e. The third kappa shape index (κ3) is 4.03. The molecule has 0 fully saturated rings. The van der Waals surface area contributed by atoms with E-state index in [1.807, 2.05) is 0 Å². The summed E-state index contributed by atoms with van der Waals surface area (Å²) in [5, 5.41) is 10.8. The van der Waals surface area contributed by atoms with Gasteiger partial charge in [0.25, 0.3) is 0 Å². The molecular formula is C9H17NO3. The van der Waals surface area contributed by atoms with Crippen LogP contribution in [0.2, 0.25) is 0 Å². The van der Waals surface area contributed by atoms with Gasteiger partial charge in [0.2, 0.25) is 5.91 Å². The molecule has 0 radical (unpaired) electrons. The second-order valence-electron chi connectivity index (χ2n) is 4.06. The van der Waals surface area contributed by atoms with Gasteiger partial charge in [-0.2, -0.15) is 0 Å². The molecule has 1 atom stereocenters. The zero-order chi connectivity index (χ0) is 10.6. The predicted molar refractivity (Wildman–Crippen MR) is 49.2 cm³/mol. The summed E-state index contributed by atoms with van der Waals surface area (Å²) in [5.74, 6) is -0.570. The van der Waals surface area contributed by atoms with Gasteiger partial charge in [0, 0.05) is 5.41 Å². The van der Waals surface area contributed by atoms with E-state index in [9.17, 15) is 9.59 Å². The highest BCUT2D eigenvalue weighted by atomic mass is 16.3. The summed E-state index contributed by atoms with van der Waals surface area (Å²) < 4.78 is 0. The van der Waals surface area contributed by atoms with Crippen LogP contribution in [0, 0.1) is 5.41 Å². The molecule has 76 valence electrons. The molecule has 0 spiro atoms. The van der Waals surface area contributed by atoms with E-state index in [0.717, 1.165) is 0 Å². The number of hydrogen-bond donors (Lipinski definition) is 2. The Morgan fingerprint density at radius 3 is 2.15 bits per heavy atom. The van der Waals surface area contributed by atoms with Crippen molar-refractivity contribution in [3.63, 3.8) is 0 Å². The summed E-state index contributed by atoms with van der Waals surface area (Å²) in [6, 6.07) is -0.542. The van der Waals surface area contributed by atoms with Crippen LogP contribution >= 0.6 is 0 Å². The monoisotopic (exact) mass is 187 g/mol. The first kappa shape index (κ1) is 12.1. The lowest BCUT2D eigenvalue weighted by atomic mass is 9.87. The standard InChI is InChI=1S/C9H17NO3/c1-6(10-7(12)5-11)8(13)9(2,3)4/h6,11H,5H2,1-4H3,(H,10,12)/t6-/m0/s1. The molecule has 0 aromatic carbocycles. The lowest BCUT2D eigenvalue weighted by molar-refractivity contribution is -0.132. The fourth-order valence-corrected chi connectivity index (χ4v) is 1.00. The molecule has 13 heavy (non-hydrogen) atoms. The van der Waals surface area contributed by atoms with E-state index < -0.39 is 24.0 Å². The molecule has 0 unspecified atom stereocenters. The van der Waals surface area contributed by atoms with Gasteiger partial charge in [-0.1, -0.05) is 20.8 Å². The van der Waals surface area contributed by atoms with E-state index in [0.29, 0.717) is 0 Å². The molecule has 1 amide bonds. The van der Waals surface area contributed by atoms with Gasteiger partial charge < -0.3 is 10.4 Å². The molecule has 0 aromatic heterocycles. The van der Waals surface area contributed by atoms with E-state index in [1.54, 1.807) is 27.7 Å². The maximum Gasteiger partial charge on any atom is 0.246 e. The van der Waals surface area contributed by atoms with E-state index in [-0.39, 0.29) is 5.78 Å². The molecule has 0 aliphatic rings. The maximum absolute atomic E-state index is 11.5. The van der Waals surface area contributed by atoms with Crippen LogP contribution in [-0.2, 0) is 9.59 Å². The minimum Gasteiger partial charge on any atom is -0.387 e. The number of aliphatic hydroxyl groups excluding tert-OH is 1. The van der Waals surface area contributed by atoms with Gasteiger partial charge in [-0.3, -0.25) is 9.59 Å². The molecule has 0 saturated heterocycles. The van der Waals surface area contributed by atoms with Gasteiger partial charge in [-0.15, -0.1) is 0 Å². The summed E-state index contributed by atoms with van der Waals surface area (Å²) in [6.45, 7) is 6.40. The first-order valence-electron chi connectivity index (χ1n) is 4.23. The molecule has 0 saturated carbocycles. The zero-order valence-corrected chi connectivity index (χ0v) is 8.55. The van der Waals surface area contributed by atoms with Crippen molar-refractivity contribution in [1.82, 2.24) is 5.32 Å². The Kier molecular flexibility index (Phi) is 4.07. The molecule has 0 aliphatic carbocycles. The molecule has 4 nitrogen and oxygen atoms in total. The maximum atomic E-state index is 11.5. The summed E-state index contributed by atoms with van der Waals surface area (Å²) in [7, 11) is 0. The summed E-state index contributed by atoms with van der Waals surface area (Å²) in [5.41, 5.74) is -0.470. The van der Waals surface area contributed by atoms with Crippen LogP contribution in [0.25, 0.3) is 0 Å². The number of carbonyl (C=O) groups is 2. The Hall–Kier alpha value is -0.900. The minimum atomic E-state index is -0.582. The van der Waals surface area contributed by atoms with Crippen molar-refractivity contribution in [2.24, 2.45) is 5.41 Å². The van der Waals surface area contributed by atoms with Crippen LogP contribution in [-0.4, -0.2) is 29.4 Å². The van der Waals surface area contributed by atoms with Gasteiger partial charge >= 0.3 is 0 Å². The normalized spacial score (nSPS) is 13.6.